The number of halogens is 1. The summed E-state index contributed by atoms with van der Waals surface area (Å²) in [6.45, 7) is 6.61. The molecule has 1 N–H and O–H groups in total. The summed E-state index contributed by atoms with van der Waals surface area (Å²) in [7, 11) is 0. The molecule has 1 aliphatic heterocycles. The van der Waals surface area contributed by atoms with Crippen molar-refractivity contribution >= 4 is 34.6 Å². The second-order valence-corrected chi connectivity index (χ2v) is 6.05. The molecule has 2 atom stereocenters. The van der Waals surface area contributed by atoms with Crippen molar-refractivity contribution in [2.75, 3.05) is 18.4 Å². The maximum Gasteiger partial charge on any atom is 0.173 e. The number of para-hydroxylation sites is 1. The molecule has 2 rings (SSSR count). The van der Waals surface area contributed by atoms with E-state index in [2.05, 4.69) is 24.1 Å². The first-order valence-electron chi connectivity index (χ1n) is 6.36. The lowest BCUT2D eigenvalue weighted by atomic mass is 9.92. The van der Waals surface area contributed by atoms with Crippen LogP contribution in [0.15, 0.2) is 24.3 Å². The lowest BCUT2D eigenvalue weighted by Gasteiger charge is -2.36. The minimum absolute atomic E-state index is 0.694. The summed E-state index contributed by atoms with van der Waals surface area (Å²) >= 11 is 11.6. The van der Waals surface area contributed by atoms with Crippen LogP contribution in [-0.4, -0.2) is 23.1 Å². The highest BCUT2D eigenvalue weighted by atomic mass is 35.5. The fourth-order valence-electron chi connectivity index (χ4n) is 2.59. The van der Waals surface area contributed by atoms with E-state index in [4.69, 9.17) is 23.8 Å². The van der Waals surface area contributed by atoms with Crippen LogP contribution in [0.5, 0.6) is 0 Å². The van der Waals surface area contributed by atoms with Crippen molar-refractivity contribution < 1.29 is 0 Å². The van der Waals surface area contributed by atoms with Crippen LogP contribution in [0.1, 0.15) is 20.3 Å². The molecular weight excluding hydrogens is 264 g/mol. The third kappa shape index (κ3) is 3.36. The van der Waals surface area contributed by atoms with Crippen molar-refractivity contribution in [2.45, 2.75) is 20.3 Å². The molecule has 1 aromatic rings. The summed E-state index contributed by atoms with van der Waals surface area (Å²) < 4.78 is 0. The van der Waals surface area contributed by atoms with Gasteiger partial charge >= 0.3 is 0 Å². The molecule has 1 aliphatic rings. The molecular formula is C14H19ClN2S. The van der Waals surface area contributed by atoms with Crippen LogP contribution in [0.4, 0.5) is 5.69 Å². The second-order valence-electron chi connectivity index (χ2n) is 5.26. The first-order valence-corrected chi connectivity index (χ1v) is 7.15. The SMILES string of the molecule is C[C@@H]1C[C@@H](C)CN(C(=S)Nc2ccccc2Cl)C1. The number of rotatable bonds is 1. The quantitative estimate of drug-likeness (QED) is 0.784. The molecule has 0 unspecified atom stereocenters. The third-order valence-electron chi connectivity index (χ3n) is 3.27. The Hall–Kier alpha value is -0.800. The van der Waals surface area contributed by atoms with E-state index in [0.29, 0.717) is 16.9 Å². The standard InChI is InChI=1S/C14H19ClN2S/c1-10-7-11(2)9-17(8-10)14(18)16-13-6-4-3-5-12(13)15/h3-6,10-11H,7-9H2,1-2H3,(H,16,18)/t10-,11-/m1/s1. The van der Waals surface area contributed by atoms with Gasteiger partial charge < -0.3 is 10.2 Å². The van der Waals surface area contributed by atoms with Crippen molar-refractivity contribution in [3.63, 3.8) is 0 Å². The predicted octanol–water partition coefficient (Wildman–Crippen LogP) is 4.01. The largest absolute Gasteiger partial charge is 0.348 e. The number of hydrogen-bond acceptors (Lipinski definition) is 1. The Morgan fingerprint density at radius 3 is 2.50 bits per heavy atom. The number of piperidine rings is 1. The fourth-order valence-corrected chi connectivity index (χ4v) is 3.03. The molecule has 0 aromatic heterocycles. The number of likely N-dealkylation sites (tertiary alicyclic amines) is 1. The molecule has 0 amide bonds. The van der Waals surface area contributed by atoms with Gasteiger partial charge in [-0.05, 0) is 42.6 Å². The van der Waals surface area contributed by atoms with Gasteiger partial charge in [-0.3, -0.25) is 0 Å². The van der Waals surface area contributed by atoms with Gasteiger partial charge in [-0.2, -0.15) is 0 Å². The van der Waals surface area contributed by atoms with E-state index in [9.17, 15) is 0 Å². The molecule has 0 bridgehead atoms. The number of benzene rings is 1. The molecule has 1 saturated heterocycles. The van der Waals surface area contributed by atoms with Crippen LogP contribution < -0.4 is 5.32 Å². The molecule has 2 nitrogen and oxygen atoms in total. The van der Waals surface area contributed by atoms with E-state index in [1.807, 2.05) is 24.3 Å². The lowest BCUT2D eigenvalue weighted by Crippen LogP contribution is -2.44. The van der Waals surface area contributed by atoms with Crippen LogP contribution in [0.25, 0.3) is 0 Å². The minimum atomic E-state index is 0.694. The van der Waals surface area contributed by atoms with Gasteiger partial charge in [0.2, 0.25) is 0 Å². The third-order valence-corrected chi connectivity index (χ3v) is 3.96. The van der Waals surface area contributed by atoms with Crippen molar-refractivity contribution in [3.05, 3.63) is 29.3 Å². The Morgan fingerprint density at radius 1 is 1.28 bits per heavy atom. The highest BCUT2D eigenvalue weighted by Gasteiger charge is 2.23. The van der Waals surface area contributed by atoms with Gasteiger partial charge in [0.05, 0.1) is 10.7 Å². The van der Waals surface area contributed by atoms with E-state index in [1.54, 1.807) is 0 Å². The molecule has 1 heterocycles. The molecule has 1 aromatic carbocycles. The zero-order valence-electron chi connectivity index (χ0n) is 10.8. The number of hydrogen-bond donors (Lipinski definition) is 1. The summed E-state index contributed by atoms with van der Waals surface area (Å²) in [6.07, 6.45) is 1.28. The molecule has 4 heteroatoms. The number of anilines is 1. The van der Waals surface area contributed by atoms with Crippen molar-refractivity contribution in [2.24, 2.45) is 11.8 Å². The minimum Gasteiger partial charge on any atom is -0.348 e. The monoisotopic (exact) mass is 282 g/mol. The normalized spacial score (nSPS) is 23.8. The van der Waals surface area contributed by atoms with Gasteiger partial charge in [-0.1, -0.05) is 37.6 Å². The topological polar surface area (TPSA) is 15.3 Å². The van der Waals surface area contributed by atoms with Gasteiger partial charge in [0, 0.05) is 13.1 Å². The smallest absolute Gasteiger partial charge is 0.173 e. The van der Waals surface area contributed by atoms with Gasteiger partial charge in [0.15, 0.2) is 5.11 Å². The highest BCUT2D eigenvalue weighted by Crippen LogP contribution is 2.24. The van der Waals surface area contributed by atoms with Crippen molar-refractivity contribution in [1.82, 2.24) is 4.90 Å². The van der Waals surface area contributed by atoms with Gasteiger partial charge in [-0.15, -0.1) is 0 Å². The van der Waals surface area contributed by atoms with E-state index >= 15 is 0 Å². The Labute approximate surface area is 119 Å². The van der Waals surface area contributed by atoms with E-state index < -0.39 is 0 Å². The average Bonchev–Trinajstić information content (AvgIpc) is 2.31. The van der Waals surface area contributed by atoms with Crippen LogP contribution in [0.2, 0.25) is 5.02 Å². The fraction of sp³-hybridized carbons (Fsp3) is 0.500. The van der Waals surface area contributed by atoms with Crippen molar-refractivity contribution in [3.8, 4) is 0 Å². The Morgan fingerprint density at radius 2 is 1.89 bits per heavy atom. The lowest BCUT2D eigenvalue weighted by molar-refractivity contribution is 0.216. The number of nitrogens with zero attached hydrogens (tertiary/aromatic N) is 1. The van der Waals surface area contributed by atoms with Crippen LogP contribution >= 0.6 is 23.8 Å². The van der Waals surface area contributed by atoms with Gasteiger partial charge in [0.1, 0.15) is 0 Å². The van der Waals surface area contributed by atoms with Gasteiger partial charge in [0.25, 0.3) is 0 Å². The van der Waals surface area contributed by atoms with Crippen LogP contribution in [0, 0.1) is 11.8 Å². The first kappa shape index (κ1) is 13.6. The summed E-state index contributed by atoms with van der Waals surface area (Å²) in [5, 5.41) is 4.73. The molecule has 1 fully saturated rings. The highest BCUT2D eigenvalue weighted by molar-refractivity contribution is 7.80. The summed E-state index contributed by atoms with van der Waals surface area (Å²) in [5.74, 6) is 1.39. The zero-order valence-corrected chi connectivity index (χ0v) is 12.4. The molecule has 98 valence electrons. The molecule has 0 aliphatic carbocycles. The summed E-state index contributed by atoms with van der Waals surface area (Å²) in [6, 6.07) is 7.69. The van der Waals surface area contributed by atoms with E-state index in [1.165, 1.54) is 6.42 Å². The predicted molar refractivity (Wildman–Crippen MR) is 82.2 cm³/mol. The Kier molecular flexibility index (Phi) is 4.46. The maximum absolute atomic E-state index is 6.12. The van der Waals surface area contributed by atoms with Gasteiger partial charge in [-0.25, -0.2) is 0 Å². The molecule has 0 spiro atoms. The van der Waals surface area contributed by atoms with E-state index in [-0.39, 0.29) is 0 Å². The van der Waals surface area contributed by atoms with Crippen LogP contribution in [0.3, 0.4) is 0 Å². The molecule has 18 heavy (non-hydrogen) atoms. The Bertz CT molecular complexity index is 426. The maximum atomic E-state index is 6.12. The number of nitrogens with one attached hydrogen (secondary N) is 1. The van der Waals surface area contributed by atoms with Crippen molar-refractivity contribution in [1.29, 1.82) is 0 Å². The molecule has 0 saturated carbocycles. The Balaban J connectivity index is 2.02. The average molecular weight is 283 g/mol. The van der Waals surface area contributed by atoms with Crippen LogP contribution in [-0.2, 0) is 0 Å². The van der Waals surface area contributed by atoms with E-state index in [0.717, 1.165) is 23.9 Å². The molecule has 0 radical (unpaired) electrons. The summed E-state index contributed by atoms with van der Waals surface area (Å²) in [4.78, 5) is 2.25. The zero-order chi connectivity index (χ0) is 13.1. The summed E-state index contributed by atoms with van der Waals surface area (Å²) in [5.41, 5.74) is 0.884. The first-order chi connectivity index (χ1) is 8.56. The number of thiocarbonyl (C=S) groups is 1. The second kappa shape index (κ2) is 5.89.